The number of rotatable bonds is 7. The normalized spacial score (nSPS) is 11.1. The Kier molecular flexibility index (Phi) is 5.51. The molecule has 4 rings (SSSR count). The molecule has 0 aliphatic rings. The van der Waals surface area contributed by atoms with E-state index in [2.05, 4.69) is 47.6 Å². The predicted octanol–water partition coefficient (Wildman–Crippen LogP) is 4.76. The van der Waals surface area contributed by atoms with Crippen molar-refractivity contribution in [1.29, 1.82) is 5.26 Å². The lowest BCUT2D eigenvalue weighted by molar-refractivity contribution is 0.00714. The maximum Gasteiger partial charge on any atom is 0.143 e. The highest BCUT2D eigenvalue weighted by Gasteiger charge is 2.37. The molecule has 0 atom stereocenters. The maximum atomic E-state index is 9.02. The van der Waals surface area contributed by atoms with Crippen molar-refractivity contribution in [3.8, 4) is 6.07 Å². The molecule has 0 amide bonds. The van der Waals surface area contributed by atoms with E-state index in [1.54, 1.807) is 17.1 Å². The van der Waals surface area contributed by atoms with E-state index in [1.165, 1.54) is 0 Å². The first-order valence-corrected chi connectivity index (χ1v) is 9.56. The van der Waals surface area contributed by atoms with E-state index in [1.807, 2.05) is 54.6 Å². The first-order valence-electron chi connectivity index (χ1n) is 9.56. The molecule has 0 bridgehead atoms. The molecule has 0 aliphatic heterocycles. The highest BCUT2D eigenvalue weighted by atomic mass is 16.5. The van der Waals surface area contributed by atoms with Gasteiger partial charge in [0.2, 0.25) is 0 Å². The van der Waals surface area contributed by atoms with E-state index in [9.17, 15) is 0 Å². The zero-order valence-electron chi connectivity index (χ0n) is 16.0. The van der Waals surface area contributed by atoms with Crippen LogP contribution in [0.25, 0.3) is 0 Å². The van der Waals surface area contributed by atoms with Crippen molar-refractivity contribution in [2.45, 2.75) is 12.1 Å². The van der Waals surface area contributed by atoms with E-state index < -0.39 is 5.60 Å². The Morgan fingerprint density at radius 2 is 1.28 bits per heavy atom. The second-order valence-corrected chi connectivity index (χ2v) is 6.73. The summed E-state index contributed by atoms with van der Waals surface area (Å²) in [6, 6.07) is 32.9. The van der Waals surface area contributed by atoms with Crippen LogP contribution in [-0.2, 0) is 16.9 Å². The quantitative estimate of drug-likeness (QED) is 0.435. The fourth-order valence-corrected chi connectivity index (χ4v) is 3.60. The van der Waals surface area contributed by atoms with Crippen molar-refractivity contribution in [3.63, 3.8) is 0 Å². The Hall–Kier alpha value is -3.68. The van der Waals surface area contributed by atoms with Crippen molar-refractivity contribution in [1.82, 2.24) is 9.78 Å². The Balaban J connectivity index is 1.76. The van der Waals surface area contributed by atoms with Gasteiger partial charge < -0.3 is 4.74 Å². The average Bonchev–Trinajstić information content (AvgIpc) is 3.27. The van der Waals surface area contributed by atoms with E-state index in [0.29, 0.717) is 18.7 Å². The molecule has 3 aromatic carbocycles. The minimum absolute atomic E-state index is 0.436. The molecule has 1 heterocycles. The van der Waals surface area contributed by atoms with Crippen molar-refractivity contribution >= 4 is 0 Å². The van der Waals surface area contributed by atoms with E-state index in [0.717, 1.165) is 16.7 Å². The number of nitrogens with zero attached hydrogens (tertiary/aromatic N) is 3. The molecular weight excluding hydrogens is 358 g/mol. The van der Waals surface area contributed by atoms with Crippen molar-refractivity contribution < 1.29 is 4.74 Å². The zero-order valence-corrected chi connectivity index (χ0v) is 16.0. The highest BCUT2D eigenvalue weighted by Crippen LogP contribution is 2.40. The summed E-state index contributed by atoms with van der Waals surface area (Å²) >= 11 is 0. The van der Waals surface area contributed by atoms with Gasteiger partial charge in [-0.25, -0.2) is 0 Å². The Bertz CT molecular complexity index is 986. The molecule has 0 saturated carbocycles. The number of aromatic nitrogens is 2. The van der Waals surface area contributed by atoms with Gasteiger partial charge in [-0.15, -0.1) is 0 Å². The monoisotopic (exact) mass is 379 g/mol. The summed E-state index contributed by atoms with van der Waals surface area (Å²) in [6.45, 7) is 0.987. The van der Waals surface area contributed by atoms with Crippen LogP contribution >= 0.6 is 0 Å². The summed E-state index contributed by atoms with van der Waals surface area (Å²) in [5.74, 6) is 0. The van der Waals surface area contributed by atoms with Crippen LogP contribution in [-0.4, -0.2) is 16.4 Å². The lowest BCUT2D eigenvalue weighted by Gasteiger charge is -2.36. The largest absolute Gasteiger partial charge is 0.359 e. The first-order chi connectivity index (χ1) is 14.3. The maximum absolute atomic E-state index is 9.02. The molecule has 0 radical (unpaired) electrons. The van der Waals surface area contributed by atoms with Crippen molar-refractivity contribution in [2.24, 2.45) is 0 Å². The number of ether oxygens (including phenoxy) is 1. The Morgan fingerprint density at radius 1 is 0.793 bits per heavy atom. The molecule has 0 spiro atoms. The molecule has 4 aromatic rings. The minimum Gasteiger partial charge on any atom is -0.359 e. The summed E-state index contributed by atoms with van der Waals surface area (Å²) in [6.07, 6.45) is 3.30. The fourth-order valence-electron chi connectivity index (χ4n) is 3.60. The summed E-state index contributed by atoms with van der Waals surface area (Å²) in [5.41, 5.74) is 3.00. The first kappa shape index (κ1) is 18.7. The predicted molar refractivity (Wildman–Crippen MR) is 112 cm³/mol. The highest BCUT2D eigenvalue weighted by molar-refractivity contribution is 5.47. The van der Waals surface area contributed by atoms with Gasteiger partial charge in [-0.2, -0.15) is 10.4 Å². The zero-order chi connectivity index (χ0) is 19.9. The second kappa shape index (κ2) is 8.55. The van der Waals surface area contributed by atoms with Crippen LogP contribution in [0, 0.1) is 11.3 Å². The lowest BCUT2D eigenvalue weighted by atomic mass is 9.80. The van der Waals surface area contributed by atoms with E-state index in [4.69, 9.17) is 10.00 Å². The summed E-state index contributed by atoms with van der Waals surface area (Å²) in [4.78, 5) is 0. The molecule has 29 heavy (non-hydrogen) atoms. The number of benzene rings is 3. The lowest BCUT2D eigenvalue weighted by Crippen LogP contribution is -2.34. The van der Waals surface area contributed by atoms with Crippen molar-refractivity contribution in [2.75, 3.05) is 6.61 Å². The third kappa shape index (κ3) is 3.82. The molecular formula is C25H21N3O. The van der Waals surface area contributed by atoms with Gasteiger partial charge in [-0.1, -0.05) is 91.0 Å². The van der Waals surface area contributed by atoms with Crippen LogP contribution in [0.15, 0.2) is 103 Å². The topological polar surface area (TPSA) is 50.8 Å². The van der Waals surface area contributed by atoms with Gasteiger partial charge in [0, 0.05) is 6.20 Å². The number of hydrogen-bond donors (Lipinski definition) is 0. The average molecular weight is 379 g/mol. The molecule has 1 aromatic heterocycles. The third-order valence-corrected chi connectivity index (χ3v) is 4.94. The molecule has 0 N–H and O–H groups in total. The van der Waals surface area contributed by atoms with Crippen LogP contribution in [0.5, 0.6) is 0 Å². The van der Waals surface area contributed by atoms with Crippen LogP contribution in [0.2, 0.25) is 0 Å². The van der Waals surface area contributed by atoms with Crippen molar-refractivity contribution in [3.05, 3.63) is 126 Å². The summed E-state index contributed by atoms with van der Waals surface area (Å²) < 4.78 is 8.43. The number of hydrogen-bond acceptors (Lipinski definition) is 3. The van der Waals surface area contributed by atoms with Gasteiger partial charge in [0.25, 0.3) is 0 Å². The second-order valence-electron chi connectivity index (χ2n) is 6.73. The summed E-state index contributed by atoms with van der Waals surface area (Å²) in [5, 5.41) is 13.3. The number of nitriles is 1. The Morgan fingerprint density at radius 3 is 1.69 bits per heavy atom. The molecule has 0 aliphatic carbocycles. The van der Waals surface area contributed by atoms with Crippen LogP contribution in [0.3, 0.4) is 0 Å². The van der Waals surface area contributed by atoms with Crippen LogP contribution < -0.4 is 0 Å². The van der Waals surface area contributed by atoms with Crippen LogP contribution in [0.4, 0.5) is 0 Å². The van der Waals surface area contributed by atoms with E-state index in [-0.39, 0.29) is 0 Å². The third-order valence-electron chi connectivity index (χ3n) is 4.94. The van der Waals surface area contributed by atoms with Gasteiger partial charge in [0.15, 0.2) is 0 Å². The van der Waals surface area contributed by atoms with Gasteiger partial charge in [0.05, 0.1) is 24.9 Å². The van der Waals surface area contributed by atoms with E-state index >= 15 is 0 Å². The SMILES string of the molecule is N#Cc1cnn(CCOC(c2ccccc2)(c2ccccc2)c2ccccc2)c1. The molecule has 0 unspecified atom stereocenters. The van der Waals surface area contributed by atoms with Gasteiger partial charge >= 0.3 is 0 Å². The fraction of sp³-hybridized carbons (Fsp3) is 0.120. The minimum atomic E-state index is -0.741. The molecule has 0 fully saturated rings. The smallest absolute Gasteiger partial charge is 0.143 e. The molecule has 0 saturated heterocycles. The standard InChI is InChI=1S/C25H21N3O/c26-18-21-19-27-28(20-21)16-17-29-25(22-10-4-1-5-11-22,23-12-6-2-7-13-23)24-14-8-3-9-15-24/h1-15,19-20H,16-17H2. The van der Waals surface area contributed by atoms with Gasteiger partial charge in [0.1, 0.15) is 11.7 Å². The summed E-state index contributed by atoms with van der Waals surface area (Å²) in [7, 11) is 0. The Labute approximate surface area is 170 Å². The van der Waals surface area contributed by atoms with Gasteiger partial charge in [-0.05, 0) is 16.7 Å². The van der Waals surface area contributed by atoms with Crippen LogP contribution in [0.1, 0.15) is 22.3 Å². The van der Waals surface area contributed by atoms with Gasteiger partial charge in [-0.3, -0.25) is 4.68 Å². The molecule has 4 heteroatoms. The molecule has 142 valence electrons. The molecule has 4 nitrogen and oxygen atoms in total.